The first-order valence-electron chi connectivity index (χ1n) is 14.8. The average Bonchev–Trinajstić information content (AvgIpc) is 2.99. The van der Waals surface area contributed by atoms with Gasteiger partial charge in [-0.1, -0.05) is 54.5 Å². The molecule has 0 amide bonds. The smallest absolute Gasteiger partial charge is 0.313 e. The maximum atomic E-state index is 13.7. The summed E-state index contributed by atoms with van der Waals surface area (Å²) in [7, 11) is 0. The Hall–Kier alpha value is -1.32. The molecule has 200 valence electrons. The second-order valence-electron chi connectivity index (χ2n) is 15.3. The molecule has 5 aliphatic carbocycles. The van der Waals surface area contributed by atoms with Crippen molar-refractivity contribution >= 4 is 11.9 Å². The normalized spacial score (nSPS) is 56.5. The molecule has 0 aromatic rings. The molecule has 5 fully saturated rings. The summed E-state index contributed by atoms with van der Waals surface area (Å²) in [5, 5.41) is 0. The van der Waals surface area contributed by atoms with E-state index in [0.717, 1.165) is 51.4 Å². The predicted octanol–water partition coefficient (Wildman–Crippen LogP) is 7.11. The maximum absolute atomic E-state index is 13.7. The van der Waals surface area contributed by atoms with Gasteiger partial charge in [-0.05, 0) is 91.9 Å². The van der Waals surface area contributed by atoms with Crippen LogP contribution in [-0.2, 0) is 19.1 Å². The number of fused-ring (bicyclic) bond motifs is 4. The summed E-state index contributed by atoms with van der Waals surface area (Å²) < 4.78 is 12.6. The lowest BCUT2D eigenvalue weighted by Crippen LogP contribution is -2.71. The SMILES string of the molecule is CC(=O)O[C@H]1CC[C@]2(C)[C@H]3C=C[C@]45OC(=O)[C@@]6(CC[C@H](C)[C@H](C)[C@H]64)CC[C@@]5(C)[C@]3(C)CC[C@H]2C1(C)C. The molecule has 1 aliphatic heterocycles. The van der Waals surface area contributed by atoms with Crippen LogP contribution in [0.1, 0.15) is 107 Å². The molecule has 1 spiro atoms. The fourth-order valence-corrected chi connectivity index (χ4v) is 11.8. The molecule has 0 aromatic heterocycles. The summed E-state index contributed by atoms with van der Waals surface area (Å²) >= 11 is 0. The van der Waals surface area contributed by atoms with Crippen LogP contribution in [0.4, 0.5) is 0 Å². The minimum atomic E-state index is -0.477. The van der Waals surface area contributed by atoms with Crippen molar-refractivity contribution in [3.8, 4) is 0 Å². The van der Waals surface area contributed by atoms with Crippen LogP contribution in [0.5, 0.6) is 0 Å². The highest BCUT2D eigenvalue weighted by Crippen LogP contribution is 2.79. The van der Waals surface area contributed by atoms with Crippen LogP contribution < -0.4 is 0 Å². The topological polar surface area (TPSA) is 52.6 Å². The molecule has 6 aliphatic rings. The molecule has 11 atom stereocenters. The third-order valence-electron chi connectivity index (χ3n) is 14.1. The van der Waals surface area contributed by atoms with Crippen LogP contribution in [0, 0.1) is 56.7 Å². The van der Waals surface area contributed by atoms with Crippen LogP contribution in [-0.4, -0.2) is 23.6 Å². The number of allylic oxidation sites excluding steroid dienone is 1. The van der Waals surface area contributed by atoms with E-state index in [4.69, 9.17) is 9.47 Å². The molecule has 4 saturated carbocycles. The first-order chi connectivity index (χ1) is 16.7. The molecular weight excluding hydrogens is 448 g/mol. The van der Waals surface area contributed by atoms with E-state index in [1.165, 1.54) is 0 Å². The zero-order chi connectivity index (χ0) is 26.1. The summed E-state index contributed by atoms with van der Waals surface area (Å²) in [6.07, 6.45) is 13.4. The van der Waals surface area contributed by atoms with Crippen molar-refractivity contribution in [2.45, 2.75) is 118 Å². The number of carbonyl (C=O) groups is 2. The summed E-state index contributed by atoms with van der Waals surface area (Å²) in [6, 6.07) is 0. The van der Waals surface area contributed by atoms with Gasteiger partial charge in [0.2, 0.25) is 0 Å². The van der Waals surface area contributed by atoms with Crippen molar-refractivity contribution in [1.82, 2.24) is 0 Å². The van der Waals surface area contributed by atoms with E-state index in [9.17, 15) is 9.59 Å². The van der Waals surface area contributed by atoms with E-state index >= 15 is 0 Å². The molecular formula is C32H48O4. The van der Waals surface area contributed by atoms with Crippen LogP contribution >= 0.6 is 0 Å². The van der Waals surface area contributed by atoms with Gasteiger partial charge in [0.05, 0.1) is 5.41 Å². The Labute approximate surface area is 218 Å². The first kappa shape index (κ1) is 25.0. The van der Waals surface area contributed by atoms with Gasteiger partial charge in [-0.25, -0.2) is 0 Å². The lowest BCUT2D eigenvalue weighted by atomic mass is 9.32. The van der Waals surface area contributed by atoms with Gasteiger partial charge in [0, 0.05) is 23.7 Å². The van der Waals surface area contributed by atoms with Gasteiger partial charge >= 0.3 is 11.9 Å². The second kappa shape index (κ2) is 7.20. The molecule has 2 bridgehead atoms. The van der Waals surface area contributed by atoms with Gasteiger partial charge < -0.3 is 9.47 Å². The highest BCUT2D eigenvalue weighted by molar-refractivity contribution is 5.82. The van der Waals surface area contributed by atoms with E-state index in [2.05, 4.69) is 60.6 Å². The van der Waals surface area contributed by atoms with Gasteiger partial charge in [-0.15, -0.1) is 0 Å². The Morgan fingerprint density at radius 2 is 1.69 bits per heavy atom. The molecule has 1 heterocycles. The fraction of sp³-hybridized carbons (Fsp3) is 0.875. The highest BCUT2D eigenvalue weighted by atomic mass is 16.6. The standard InChI is InChI=1S/C32H48O4/c1-19-9-15-31-18-17-30(8)29(7)14-10-22-27(4,5)24(35-21(3)33)12-13-28(22,6)23(29)11-16-32(30,36-26(31)34)25(31)20(19)2/h11,16,19-20,22-25H,9-10,12-15,17-18H2,1-8H3/t19-,20-,22-,23+,24-,25+,28-,29+,30-,31-,32-/m0/s1. The van der Waals surface area contributed by atoms with Crippen LogP contribution in [0.3, 0.4) is 0 Å². The van der Waals surface area contributed by atoms with Gasteiger partial charge in [-0.3, -0.25) is 9.59 Å². The van der Waals surface area contributed by atoms with Gasteiger partial charge in [-0.2, -0.15) is 0 Å². The van der Waals surface area contributed by atoms with Gasteiger partial charge in [0.15, 0.2) is 0 Å². The second-order valence-corrected chi connectivity index (χ2v) is 15.3. The summed E-state index contributed by atoms with van der Waals surface area (Å²) in [6.45, 7) is 18.6. The van der Waals surface area contributed by atoms with Gasteiger partial charge in [0.25, 0.3) is 0 Å². The molecule has 0 unspecified atom stereocenters. The minimum absolute atomic E-state index is 0.0115. The van der Waals surface area contributed by atoms with Crippen molar-refractivity contribution in [2.24, 2.45) is 56.7 Å². The summed E-state index contributed by atoms with van der Waals surface area (Å²) in [5.41, 5.74) is -0.681. The molecule has 6 rings (SSSR count). The number of esters is 2. The average molecular weight is 497 g/mol. The number of carbonyl (C=O) groups excluding carboxylic acids is 2. The van der Waals surface area contributed by atoms with E-state index in [0.29, 0.717) is 23.7 Å². The Kier molecular flexibility index (Phi) is 5.00. The van der Waals surface area contributed by atoms with E-state index in [-0.39, 0.29) is 51.0 Å². The van der Waals surface area contributed by atoms with Crippen molar-refractivity contribution < 1.29 is 19.1 Å². The largest absolute Gasteiger partial charge is 0.462 e. The maximum Gasteiger partial charge on any atom is 0.313 e. The van der Waals surface area contributed by atoms with Crippen molar-refractivity contribution in [3.05, 3.63) is 12.2 Å². The lowest BCUT2D eigenvalue weighted by Gasteiger charge is -2.72. The Bertz CT molecular complexity index is 1030. The Balaban J connectivity index is 1.46. The van der Waals surface area contributed by atoms with Crippen molar-refractivity contribution in [3.63, 3.8) is 0 Å². The van der Waals surface area contributed by atoms with E-state index < -0.39 is 5.60 Å². The number of hydrogen-bond acceptors (Lipinski definition) is 4. The van der Waals surface area contributed by atoms with Crippen molar-refractivity contribution in [1.29, 1.82) is 0 Å². The fourth-order valence-electron chi connectivity index (χ4n) is 11.8. The lowest BCUT2D eigenvalue weighted by molar-refractivity contribution is -0.247. The molecule has 0 N–H and O–H groups in total. The zero-order valence-corrected chi connectivity index (χ0v) is 23.9. The number of rotatable bonds is 1. The first-order valence-corrected chi connectivity index (χ1v) is 14.8. The summed E-state index contributed by atoms with van der Waals surface area (Å²) in [4.78, 5) is 25.6. The monoisotopic (exact) mass is 496 g/mol. The van der Waals surface area contributed by atoms with Crippen LogP contribution in [0.15, 0.2) is 12.2 Å². The molecule has 0 aromatic carbocycles. The zero-order valence-electron chi connectivity index (χ0n) is 23.9. The molecule has 4 heteroatoms. The molecule has 1 saturated heterocycles. The Morgan fingerprint density at radius 1 is 0.972 bits per heavy atom. The Morgan fingerprint density at radius 3 is 2.39 bits per heavy atom. The van der Waals surface area contributed by atoms with Crippen molar-refractivity contribution in [2.75, 3.05) is 0 Å². The quantitative estimate of drug-likeness (QED) is 0.287. The van der Waals surface area contributed by atoms with Crippen LogP contribution in [0.2, 0.25) is 0 Å². The van der Waals surface area contributed by atoms with E-state index in [1.54, 1.807) is 6.92 Å². The third-order valence-corrected chi connectivity index (χ3v) is 14.1. The number of ether oxygens (including phenoxy) is 2. The number of hydrogen-bond donors (Lipinski definition) is 0. The third kappa shape index (κ3) is 2.58. The highest BCUT2D eigenvalue weighted by Gasteiger charge is 2.80. The van der Waals surface area contributed by atoms with Gasteiger partial charge in [0.1, 0.15) is 11.7 Å². The predicted molar refractivity (Wildman–Crippen MR) is 140 cm³/mol. The van der Waals surface area contributed by atoms with Crippen LogP contribution in [0.25, 0.3) is 0 Å². The molecule has 0 radical (unpaired) electrons. The minimum Gasteiger partial charge on any atom is -0.462 e. The molecule has 4 nitrogen and oxygen atoms in total. The molecule has 36 heavy (non-hydrogen) atoms. The summed E-state index contributed by atoms with van der Waals surface area (Å²) in [5.74, 6) is 2.27. The van der Waals surface area contributed by atoms with E-state index in [1.807, 2.05) is 0 Å².